The molecule has 5 nitrogen and oxygen atoms in total. The third-order valence-corrected chi connectivity index (χ3v) is 4.82. The first-order valence-electron chi connectivity index (χ1n) is 7.11. The second-order valence-electron chi connectivity index (χ2n) is 5.29. The minimum Gasteiger partial charge on any atom is -0.497 e. The molecule has 0 aromatic heterocycles. The molecule has 0 bridgehead atoms. The molecular weight excluding hydrogens is 312 g/mol. The smallest absolute Gasteiger partial charge is 0.276 e. The van der Waals surface area contributed by atoms with Crippen LogP contribution in [0.15, 0.2) is 52.5 Å². The fourth-order valence-electron chi connectivity index (χ4n) is 2.07. The maximum absolute atomic E-state index is 12.4. The van der Waals surface area contributed by atoms with E-state index in [2.05, 4.69) is 9.93 Å². The van der Waals surface area contributed by atoms with E-state index in [1.54, 1.807) is 45.2 Å². The van der Waals surface area contributed by atoms with Gasteiger partial charge in [-0.25, -0.2) is 0 Å². The molecule has 0 spiro atoms. The summed E-state index contributed by atoms with van der Waals surface area (Å²) in [5, 5.41) is 4.01. The van der Waals surface area contributed by atoms with Crippen LogP contribution >= 0.6 is 0 Å². The van der Waals surface area contributed by atoms with E-state index in [9.17, 15) is 8.42 Å². The Balaban J connectivity index is 2.24. The van der Waals surface area contributed by atoms with Crippen molar-refractivity contribution in [1.82, 2.24) is 4.83 Å². The van der Waals surface area contributed by atoms with Crippen molar-refractivity contribution in [3.63, 3.8) is 0 Å². The number of hydrogen-bond donors (Lipinski definition) is 1. The highest BCUT2D eigenvalue weighted by Gasteiger charge is 2.16. The maximum Gasteiger partial charge on any atom is 0.276 e. The lowest BCUT2D eigenvalue weighted by molar-refractivity contribution is 0.415. The molecule has 0 amide bonds. The molecule has 0 unspecified atom stereocenters. The quantitative estimate of drug-likeness (QED) is 0.676. The summed E-state index contributed by atoms with van der Waals surface area (Å²) >= 11 is 0. The van der Waals surface area contributed by atoms with Crippen LogP contribution in [0.3, 0.4) is 0 Å². The van der Waals surface area contributed by atoms with Crippen molar-refractivity contribution in [3.8, 4) is 5.75 Å². The Kier molecular flexibility index (Phi) is 5.05. The molecule has 0 aliphatic heterocycles. The molecule has 122 valence electrons. The second kappa shape index (κ2) is 6.83. The summed E-state index contributed by atoms with van der Waals surface area (Å²) in [5.74, 6) is 0.734. The van der Waals surface area contributed by atoms with Gasteiger partial charge in [-0.1, -0.05) is 12.1 Å². The molecule has 0 saturated heterocycles. The van der Waals surface area contributed by atoms with Crippen LogP contribution in [0.5, 0.6) is 5.75 Å². The normalized spacial score (nSPS) is 12.1. The van der Waals surface area contributed by atoms with Gasteiger partial charge in [0.05, 0.1) is 17.7 Å². The zero-order chi connectivity index (χ0) is 17.0. The van der Waals surface area contributed by atoms with E-state index >= 15 is 0 Å². The fraction of sp³-hybridized carbons (Fsp3) is 0.235. The van der Waals surface area contributed by atoms with Gasteiger partial charge in [0.15, 0.2) is 0 Å². The lowest BCUT2D eigenvalue weighted by Crippen LogP contribution is -2.21. The highest BCUT2D eigenvalue weighted by Crippen LogP contribution is 2.17. The SMILES string of the molecule is COc1ccc(/C(C)=N\NS(=O)(=O)c2cc(C)ccc2C)cc1. The number of benzene rings is 2. The largest absolute Gasteiger partial charge is 0.497 e. The van der Waals surface area contributed by atoms with Crippen molar-refractivity contribution < 1.29 is 13.2 Å². The highest BCUT2D eigenvalue weighted by molar-refractivity contribution is 7.89. The molecule has 2 aromatic carbocycles. The summed E-state index contributed by atoms with van der Waals surface area (Å²) in [4.78, 5) is 2.54. The van der Waals surface area contributed by atoms with Gasteiger partial charge in [0.25, 0.3) is 10.0 Å². The van der Waals surface area contributed by atoms with Crippen LogP contribution in [0, 0.1) is 13.8 Å². The van der Waals surface area contributed by atoms with Crippen molar-refractivity contribution >= 4 is 15.7 Å². The average molecular weight is 332 g/mol. The molecule has 0 saturated carbocycles. The third kappa shape index (κ3) is 4.10. The van der Waals surface area contributed by atoms with E-state index in [0.29, 0.717) is 11.3 Å². The van der Waals surface area contributed by atoms with Gasteiger partial charge in [0.2, 0.25) is 0 Å². The number of sulfonamides is 1. The monoisotopic (exact) mass is 332 g/mol. The van der Waals surface area contributed by atoms with Crippen LogP contribution in [-0.4, -0.2) is 21.2 Å². The van der Waals surface area contributed by atoms with E-state index < -0.39 is 10.0 Å². The van der Waals surface area contributed by atoms with Crippen LogP contribution in [0.1, 0.15) is 23.6 Å². The van der Waals surface area contributed by atoms with Gasteiger partial charge < -0.3 is 4.74 Å². The lowest BCUT2D eigenvalue weighted by atomic mass is 10.1. The second-order valence-corrected chi connectivity index (χ2v) is 6.92. The maximum atomic E-state index is 12.4. The molecule has 0 fully saturated rings. The summed E-state index contributed by atoms with van der Waals surface area (Å²) in [6.07, 6.45) is 0. The minimum atomic E-state index is -3.69. The summed E-state index contributed by atoms with van der Waals surface area (Å²) in [7, 11) is -2.10. The average Bonchev–Trinajstić information content (AvgIpc) is 2.55. The molecule has 0 atom stereocenters. The van der Waals surface area contributed by atoms with E-state index in [-0.39, 0.29) is 4.90 Å². The number of nitrogens with one attached hydrogen (secondary N) is 1. The van der Waals surface area contributed by atoms with E-state index in [4.69, 9.17) is 4.74 Å². The van der Waals surface area contributed by atoms with Crippen molar-refractivity contribution in [1.29, 1.82) is 0 Å². The third-order valence-electron chi connectivity index (χ3n) is 3.47. The number of hydrazone groups is 1. The Morgan fingerprint density at radius 3 is 2.35 bits per heavy atom. The summed E-state index contributed by atoms with van der Waals surface area (Å²) < 4.78 is 29.9. The first kappa shape index (κ1) is 17.0. The predicted octanol–water partition coefficient (Wildman–Crippen LogP) is 3.01. The van der Waals surface area contributed by atoms with Gasteiger partial charge in [-0.3, -0.25) is 0 Å². The van der Waals surface area contributed by atoms with Crippen molar-refractivity contribution in [2.45, 2.75) is 25.7 Å². The van der Waals surface area contributed by atoms with Gasteiger partial charge >= 0.3 is 0 Å². The Morgan fingerprint density at radius 1 is 1.09 bits per heavy atom. The molecule has 0 heterocycles. The first-order valence-corrected chi connectivity index (χ1v) is 8.59. The standard InChI is InChI=1S/C17H20N2O3S/c1-12-5-6-13(2)17(11-12)23(20,21)19-18-14(3)15-7-9-16(22-4)10-8-15/h5-11,19H,1-4H3/b18-14-. The number of ether oxygens (including phenoxy) is 1. The number of nitrogens with zero attached hydrogens (tertiary/aromatic N) is 1. The minimum absolute atomic E-state index is 0.240. The van der Waals surface area contributed by atoms with Crippen molar-refractivity contribution in [2.75, 3.05) is 7.11 Å². The number of methoxy groups -OCH3 is 1. The van der Waals surface area contributed by atoms with Crippen LogP contribution in [0.4, 0.5) is 0 Å². The number of rotatable bonds is 5. The van der Waals surface area contributed by atoms with Gasteiger partial charge in [-0.15, -0.1) is 0 Å². The zero-order valence-electron chi connectivity index (χ0n) is 13.6. The lowest BCUT2D eigenvalue weighted by Gasteiger charge is -2.09. The number of hydrogen-bond acceptors (Lipinski definition) is 4. The topological polar surface area (TPSA) is 67.8 Å². The molecule has 1 N–H and O–H groups in total. The van der Waals surface area contributed by atoms with Crippen LogP contribution in [-0.2, 0) is 10.0 Å². The molecule has 6 heteroatoms. The van der Waals surface area contributed by atoms with Crippen molar-refractivity contribution in [3.05, 3.63) is 59.2 Å². The molecule has 2 rings (SSSR count). The molecule has 23 heavy (non-hydrogen) atoms. The van der Waals surface area contributed by atoms with Crippen LogP contribution in [0.2, 0.25) is 0 Å². The van der Waals surface area contributed by atoms with Gasteiger partial charge in [-0.2, -0.15) is 18.4 Å². The van der Waals surface area contributed by atoms with Gasteiger partial charge in [0.1, 0.15) is 5.75 Å². The Labute approximate surface area is 137 Å². The summed E-state index contributed by atoms with van der Waals surface area (Å²) in [5.41, 5.74) is 2.95. The van der Waals surface area contributed by atoms with E-state index in [0.717, 1.165) is 16.9 Å². The molecule has 0 aliphatic rings. The Morgan fingerprint density at radius 2 is 1.74 bits per heavy atom. The first-order chi connectivity index (χ1) is 10.8. The van der Waals surface area contributed by atoms with Crippen LogP contribution < -0.4 is 9.57 Å². The van der Waals surface area contributed by atoms with Gasteiger partial charge in [0, 0.05) is 0 Å². The Bertz CT molecular complexity index is 825. The van der Waals surface area contributed by atoms with Gasteiger partial charge in [-0.05, 0) is 67.8 Å². The highest BCUT2D eigenvalue weighted by atomic mass is 32.2. The van der Waals surface area contributed by atoms with E-state index in [1.165, 1.54) is 0 Å². The zero-order valence-corrected chi connectivity index (χ0v) is 14.4. The fourth-order valence-corrected chi connectivity index (χ4v) is 3.26. The predicted molar refractivity (Wildman–Crippen MR) is 91.4 cm³/mol. The molecular formula is C17H20N2O3S. The molecule has 2 aromatic rings. The van der Waals surface area contributed by atoms with Crippen LogP contribution in [0.25, 0.3) is 0 Å². The molecule has 0 aliphatic carbocycles. The number of aryl methyl sites for hydroxylation is 2. The van der Waals surface area contributed by atoms with E-state index in [1.807, 2.05) is 25.1 Å². The molecule has 0 radical (unpaired) electrons. The summed E-state index contributed by atoms with van der Waals surface area (Å²) in [6.45, 7) is 5.35. The summed E-state index contributed by atoms with van der Waals surface area (Å²) in [6, 6.07) is 12.5. The van der Waals surface area contributed by atoms with Crippen molar-refractivity contribution in [2.24, 2.45) is 5.10 Å². The Hall–Kier alpha value is -2.34.